The van der Waals surface area contributed by atoms with Crippen LogP contribution in [0, 0.1) is 0 Å². The topological polar surface area (TPSA) is 75.7 Å². The van der Waals surface area contributed by atoms with Gasteiger partial charge in [-0.2, -0.15) is 0 Å². The molecule has 0 saturated carbocycles. The van der Waals surface area contributed by atoms with Gasteiger partial charge < -0.3 is 9.64 Å². The maximum absolute atomic E-state index is 12.8. The molecule has 1 aliphatic heterocycles. The van der Waals surface area contributed by atoms with Crippen molar-refractivity contribution >= 4 is 49.1 Å². The van der Waals surface area contributed by atoms with E-state index in [-0.39, 0.29) is 22.1 Å². The summed E-state index contributed by atoms with van der Waals surface area (Å²) >= 11 is 9.15. The number of hydrogen-bond donors (Lipinski definition) is 1. The van der Waals surface area contributed by atoms with E-state index in [1.165, 1.54) is 24.3 Å². The van der Waals surface area contributed by atoms with Gasteiger partial charge in [-0.25, -0.2) is 8.42 Å². The molecule has 6 nitrogen and oxygen atoms in total. The zero-order valence-corrected chi connectivity index (χ0v) is 16.8. The lowest BCUT2D eigenvalue weighted by molar-refractivity contribution is 0.0303. The van der Waals surface area contributed by atoms with Crippen LogP contribution >= 0.6 is 27.5 Å². The molecule has 0 atom stereocenters. The first kappa shape index (κ1) is 19.2. The Morgan fingerprint density at radius 3 is 2.42 bits per heavy atom. The minimum Gasteiger partial charge on any atom is -0.378 e. The Hall–Kier alpha value is -1.61. The minimum absolute atomic E-state index is 0.0644. The predicted molar refractivity (Wildman–Crippen MR) is 103 cm³/mol. The molecule has 0 bridgehead atoms. The lowest BCUT2D eigenvalue weighted by Crippen LogP contribution is -2.41. The maximum atomic E-state index is 12.8. The third-order valence-corrected chi connectivity index (χ3v) is 6.01. The summed E-state index contributed by atoms with van der Waals surface area (Å²) in [5.41, 5.74) is 0.499. The lowest BCUT2D eigenvalue weighted by atomic mass is 10.1. The molecule has 2 aromatic carbocycles. The summed E-state index contributed by atoms with van der Waals surface area (Å²) in [5.74, 6) is -0.247. The van der Waals surface area contributed by atoms with Crippen LogP contribution in [0.2, 0.25) is 5.02 Å². The fourth-order valence-electron chi connectivity index (χ4n) is 2.54. The number of halogens is 2. The van der Waals surface area contributed by atoms with Gasteiger partial charge >= 0.3 is 0 Å². The van der Waals surface area contributed by atoms with Gasteiger partial charge in [-0.05, 0) is 42.5 Å². The predicted octanol–water partition coefficient (Wildman–Crippen LogP) is 3.38. The zero-order valence-electron chi connectivity index (χ0n) is 13.6. The fourth-order valence-corrected chi connectivity index (χ4v) is 4.10. The van der Waals surface area contributed by atoms with Crippen molar-refractivity contribution in [3.63, 3.8) is 0 Å². The second kappa shape index (κ2) is 7.96. The second-order valence-electron chi connectivity index (χ2n) is 5.65. The monoisotopic (exact) mass is 458 g/mol. The van der Waals surface area contributed by atoms with Crippen molar-refractivity contribution < 1.29 is 17.9 Å². The van der Waals surface area contributed by atoms with E-state index in [4.69, 9.17) is 16.3 Å². The van der Waals surface area contributed by atoms with E-state index in [1.54, 1.807) is 23.1 Å². The number of sulfonamides is 1. The summed E-state index contributed by atoms with van der Waals surface area (Å²) in [7, 11) is -3.85. The van der Waals surface area contributed by atoms with Crippen LogP contribution in [-0.4, -0.2) is 45.5 Å². The Morgan fingerprint density at radius 2 is 1.77 bits per heavy atom. The largest absolute Gasteiger partial charge is 0.378 e. The van der Waals surface area contributed by atoms with Crippen molar-refractivity contribution in [3.8, 4) is 0 Å². The van der Waals surface area contributed by atoms with Crippen molar-refractivity contribution in [2.24, 2.45) is 0 Å². The number of carbonyl (C=O) groups excluding carboxylic acids is 1. The molecular formula is C17H16BrClN2O4S. The van der Waals surface area contributed by atoms with Gasteiger partial charge in [0.05, 0.1) is 29.4 Å². The van der Waals surface area contributed by atoms with E-state index >= 15 is 0 Å². The molecule has 1 heterocycles. The van der Waals surface area contributed by atoms with Crippen LogP contribution in [0.4, 0.5) is 5.69 Å². The van der Waals surface area contributed by atoms with Crippen molar-refractivity contribution in [2.75, 3.05) is 31.0 Å². The molecule has 138 valence electrons. The maximum Gasteiger partial charge on any atom is 0.261 e. The normalized spacial score (nSPS) is 14.9. The quantitative estimate of drug-likeness (QED) is 0.760. The Kier molecular flexibility index (Phi) is 5.86. The molecule has 1 aliphatic rings. The SMILES string of the molecule is O=C(c1cc(Br)ccc1NS(=O)(=O)c1ccc(Cl)cc1)N1CCOCC1. The van der Waals surface area contributed by atoms with Crippen LogP contribution in [0.5, 0.6) is 0 Å². The second-order valence-corrected chi connectivity index (χ2v) is 8.69. The summed E-state index contributed by atoms with van der Waals surface area (Å²) in [6.45, 7) is 1.86. The lowest BCUT2D eigenvalue weighted by Gasteiger charge is -2.27. The van der Waals surface area contributed by atoms with Crippen LogP contribution in [0.15, 0.2) is 51.8 Å². The number of morpholine rings is 1. The number of amides is 1. The van der Waals surface area contributed by atoms with E-state index in [2.05, 4.69) is 20.7 Å². The van der Waals surface area contributed by atoms with Gasteiger partial charge in [0.15, 0.2) is 0 Å². The minimum atomic E-state index is -3.85. The summed E-state index contributed by atoms with van der Waals surface area (Å²) in [4.78, 5) is 14.5. The highest BCUT2D eigenvalue weighted by Gasteiger charge is 2.24. The van der Waals surface area contributed by atoms with Gasteiger partial charge in [0.25, 0.3) is 15.9 Å². The van der Waals surface area contributed by atoms with Crippen molar-refractivity contribution in [1.29, 1.82) is 0 Å². The molecule has 1 saturated heterocycles. The molecule has 0 aliphatic carbocycles. The standard InChI is InChI=1S/C17H16BrClN2O4S/c18-12-1-6-16(15(11-12)17(22)21-7-9-25-10-8-21)20-26(23,24)14-4-2-13(19)3-5-14/h1-6,11,20H,7-10H2. The number of carbonyl (C=O) groups is 1. The van der Waals surface area contributed by atoms with E-state index in [1.807, 2.05) is 0 Å². The number of anilines is 1. The van der Waals surface area contributed by atoms with Crippen LogP contribution in [0.1, 0.15) is 10.4 Å². The highest BCUT2D eigenvalue weighted by atomic mass is 79.9. The molecule has 2 aromatic rings. The zero-order chi connectivity index (χ0) is 18.7. The number of nitrogens with zero attached hydrogens (tertiary/aromatic N) is 1. The summed E-state index contributed by atoms with van der Waals surface area (Å²) < 4.78 is 33.7. The van der Waals surface area contributed by atoms with Crippen molar-refractivity contribution in [3.05, 3.63) is 57.5 Å². The number of ether oxygens (including phenoxy) is 1. The molecule has 0 spiro atoms. The fraction of sp³-hybridized carbons (Fsp3) is 0.235. The first-order valence-corrected chi connectivity index (χ1v) is 10.5. The number of benzene rings is 2. The van der Waals surface area contributed by atoms with Crippen LogP contribution in [0.3, 0.4) is 0 Å². The highest BCUT2D eigenvalue weighted by Crippen LogP contribution is 2.26. The molecule has 1 amide bonds. The summed E-state index contributed by atoms with van der Waals surface area (Å²) in [5, 5.41) is 0.441. The number of hydrogen-bond acceptors (Lipinski definition) is 4. The average Bonchev–Trinajstić information content (AvgIpc) is 2.63. The molecule has 9 heteroatoms. The summed E-state index contributed by atoms with van der Waals surface area (Å²) in [6, 6.07) is 10.7. The molecule has 0 unspecified atom stereocenters. The molecule has 0 aromatic heterocycles. The first-order valence-electron chi connectivity index (χ1n) is 7.82. The summed E-state index contributed by atoms with van der Waals surface area (Å²) in [6.07, 6.45) is 0. The third-order valence-electron chi connectivity index (χ3n) is 3.88. The van der Waals surface area contributed by atoms with Crippen LogP contribution < -0.4 is 4.72 Å². The molecule has 26 heavy (non-hydrogen) atoms. The van der Waals surface area contributed by atoms with Crippen molar-refractivity contribution in [2.45, 2.75) is 4.90 Å². The smallest absolute Gasteiger partial charge is 0.261 e. The van der Waals surface area contributed by atoms with E-state index in [0.717, 1.165) is 0 Å². The van der Waals surface area contributed by atoms with Gasteiger partial charge in [-0.1, -0.05) is 27.5 Å². The van der Waals surface area contributed by atoms with Crippen molar-refractivity contribution in [1.82, 2.24) is 4.90 Å². The average molecular weight is 460 g/mol. The number of rotatable bonds is 4. The Morgan fingerprint density at radius 1 is 1.12 bits per heavy atom. The van der Waals surface area contributed by atoms with Gasteiger partial charge in [-0.3, -0.25) is 9.52 Å². The van der Waals surface area contributed by atoms with Gasteiger partial charge in [-0.15, -0.1) is 0 Å². The molecule has 1 N–H and O–H groups in total. The van der Waals surface area contributed by atoms with Crippen LogP contribution in [0.25, 0.3) is 0 Å². The van der Waals surface area contributed by atoms with E-state index in [9.17, 15) is 13.2 Å². The van der Waals surface area contributed by atoms with E-state index in [0.29, 0.717) is 35.8 Å². The Balaban J connectivity index is 1.92. The third kappa shape index (κ3) is 4.37. The molecule has 3 rings (SSSR count). The Bertz CT molecular complexity index is 913. The molecular weight excluding hydrogens is 444 g/mol. The first-order chi connectivity index (χ1) is 12.4. The van der Waals surface area contributed by atoms with Gasteiger partial charge in [0, 0.05) is 22.6 Å². The van der Waals surface area contributed by atoms with Crippen LogP contribution in [-0.2, 0) is 14.8 Å². The molecule has 1 fully saturated rings. The van der Waals surface area contributed by atoms with E-state index < -0.39 is 10.0 Å². The van der Waals surface area contributed by atoms with Gasteiger partial charge in [0.1, 0.15) is 0 Å². The number of nitrogens with one attached hydrogen (secondary N) is 1. The van der Waals surface area contributed by atoms with Gasteiger partial charge in [0.2, 0.25) is 0 Å². The highest BCUT2D eigenvalue weighted by molar-refractivity contribution is 9.10. The Labute approximate surface area is 165 Å². The molecule has 0 radical (unpaired) electrons.